The Bertz CT molecular complexity index is 925. The van der Waals surface area contributed by atoms with Gasteiger partial charge < -0.3 is 4.74 Å². The summed E-state index contributed by atoms with van der Waals surface area (Å²) in [7, 11) is 0.392. The fourth-order valence-electron chi connectivity index (χ4n) is 2.98. The number of rotatable bonds is 6. The first-order valence-corrected chi connectivity index (χ1v) is 11.5. The second kappa shape index (κ2) is 7.74. The van der Waals surface area contributed by atoms with Crippen LogP contribution in [0.15, 0.2) is 23.1 Å². The van der Waals surface area contributed by atoms with E-state index in [9.17, 15) is 21.6 Å². The van der Waals surface area contributed by atoms with Gasteiger partial charge in [-0.2, -0.15) is 0 Å². The Morgan fingerprint density at radius 3 is 2.26 bits per heavy atom. The van der Waals surface area contributed by atoms with Crippen LogP contribution >= 0.6 is 0 Å². The van der Waals surface area contributed by atoms with Crippen molar-refractivity contribution in [1.29, 1.82) is 0 Å². The molecule has 0 radical (unpaired) electrons. The maximum absolute atomic E-state index is 13.1. The molecule has 0 aromatic heterocycles. The second-order valence-corrected chi connectivity index (χ2v) is 11.1. The third-order valence-corrected chi connectivity index (χ3v) is 7.95. The topological polar surface area (TPSA) is 104 Å². The normalized spacial score (nSPS) is 19.4. The van der Waals surface area contributed by atoms with E-state index in [1.54, 1.807) is 14.1 Å². The molecule has 27 heavy (non-hydrogen) atoms. The number of carbonyl (C=O) groups is 1. The fourth-order valence-corrected chi connectivity index (χ4v) is 5.75. The molecule has 152 valence electrons. The summed E-state index contributed by atoms with van der Waals surface area (Å²) in [6.07, 6.45) is 0.339. The number of sulfonamides is 1. The van der Waals surface area contributed by atoms with Gasteiger partial charge in [0.25, 0.3) is 5.91 Å². The van der Waals surface area contributed by atoms with E-state index in [2.05, 4.69) is 0 Å². The van der Waals surface area contributed by atoms with E-state index >= 15 is 0 Å². The van der Waals surface area contributed by atoms with Gasteiger partial charge in [-0.25, -0.2) is 26.1 Å². The summed E-state index contributed by atoms with van der Waals surface area (Å²) in [5, 5.41) is 2.89. The molecule has 1 aromatic carbocycles. The van der Waals surface area contributed by atoms with E-state index in [1.807, 2.05) is 0 Å². The molecule has 1 aliphatic rings. The van der Waals surface area contributed by atoms with Crippen LogP contribution in [-0.4, -0.2) is 89.9 Å². The molecule has 1 aromatic rings. The van der Waals surface area contributed by atoms with E-state index in [1.165, 1.54) is 49.4 Å². The number of nitrogens with zero attached hydrogens (tertiary/aromatic N) is 3. The zero-order chi connectivity index (χ0) is 20.6. The lowest BCUT2D eigenvalue weighted by Gasteiger charge is -2.34. The average Bonchev–Trinajstić information content (AvgIpc) is 2.93. The summed E-state index contributed by atoms with van der Waals surface area (Å²) in [6, 6.07) is 3.66. The van der Waals surface area contributed by atoms with Gasteiger partial charge in [-0.05, 0) is 24.6 Å². The van der Waals surface area contributed by atoms with Crippen molar-refractivity contribution in [1.82, 2.24) is 14.3 Å². The monoisotopic (exact) mass is 419 g/mol. The summed E-state index contributed by atoms with van der Waals surface area (Å²) >= 11 is 0. The number of sulfone groups is 1. The Morgan fingerprint density at radius 1 is 1.19 bits per heavy atom. The zero-order valence-corrected chi connectivity index (χ0v) is 17.7. The Labute approximate surface area is 160 Å². The Morgan fingerprint density at radius 2 is 1.81 bits per heavy atom. The number of methoxy groups -OCH3 is 1. The van der Waals surface area contributed by atoms with Gasteiger partial charge in [0, 0.05) is 33.8 Å². The fraction of sp³-hybridized carbons (Fsp3) is 0.562. The second-order valence-electron chi connectivity index (χ2n) is 6.71. The van der Waals surface area contributed by atoms with Crippen LogP contribution in [0, 0.1) is 0 Å². The lowest BCUT2D eigenvalue weighted by atomic mass is 10.1. The third kappa shape index (κ3) is 4.42. The standard InChI is InChI=1S/C16H25N3O6S2/c1-17(2)19(13-8-9-26(21,22)11-13)16(20)12-6-7-14(25-5)15(10-12)27(23,24)18(3)4/h6-7,10,13H,8-9,11H2,1-5H3/t13-/m1/s1. The highest BCUT2D eigenvalue weighted by Gasteiger charge is 2.37. The molecule has 1 aliphatic heterocycles. The molecule has 0 N–H and O–H groups in total. The highest BCUT2D eigenvalue weighted by atomic mass is 32.2. The number of carbonyl (C=O) groups excluding carboxylic acids is 1. The van der Waals surface area contributed by atoms with Crippen LogP contribution in [0.4, 0.5) is 0 Å². The molecule has 9 nitrogen and oxygen atoms in total. The van der Waals surface area contributed by atoms with Crippen molar-refractivity contribution in [3.8, 4) is 5.75 Å². The maximum atomic E-state index is 13.1. The molecule has 0 saturated carbocycles. The molecular weight excluding hydrogens is 394 g/mol. The Kier molecular flexibility index (Phi) is 6.19. The molecule has 1 heterocycles. The number of ether oxygens (including phenoxy) is 1. The molecule has 0 spiro atoms. The molecule has 0 unspecified atom stereocenters. The number of hydrazine groups is 1. The lowest BCUT2D eigenvalue weighted by Crippen LogP contribution is -2.49. The molecule has 1 amide bonds. The Balaban J connectivity index is 2.48. The molecule has 1 saturated heterocycles. The highest BCUT2D eigenvalue weighted by molar-refractivity contribution is 7.91. The maximum Gasteiger partial charge on any atom is 0.268 e. The molecule has 1 atom stereocenters. The van der Waals surface area contributed by atoms with E-state index in [-0.39, 0.29) is 27.7 Å². The summed E-state index contributed by atoms with van der Waals surface area (Å²) < 4.78 is 54.9. The number of amides is 1. The van der Waals surface area contributed by atoms with Gasteiger partial charge in [0.05, 0.1) is 24.7 Å². The first kappa shape index (κ1) is 21.6. The minimum atomic E-state index is -3.83. The smallest absolute Gasteiger partial charge is 0.268 e. The van der Waals surface area contributed by atoms with Crippen molar-refractivity contribution in [3.05, 3.63) is 23.8 Å². The highest BCUT2D eigenvalue weighted by Crippen LogP contribution is 2.28. The Hall–Kier alpha value is -1.69. The summed E-state index contributed by atoms with van der Waals surface area (Å²) in [5.74, 6) is -0.436. The van der Waals surface area contributed by atoms with Gasteiger partial charge in [0.15, 0.2) is 9.84 Å². The van der Waals surface area contributed by atoms with Crippen LogP contribution < -0.4 is 4.74 Å². The molecular formula is C16H25N3O6S2. The number of hydrogen-bond donors (Lipinski definition) is 0. The summed E-state index contributed by atoms with van der Waals surface area (Å²) in [4.78, 5) is 12.9. The van der Waals surface area contributed by atoms with Crippen molar-refractivity contribution in [2.45, 2.75) is 17.4 Å². The van der Waals surface area contributed by atoms with Crippen molar-refractivity contribution >= 4 is 25.8 Å². The van der Waals surface area contributed by atoms with Crippen LogP contribution in [0.25, 0.3) is 0 Å². The van der Waals surface area contributed by atoms with Crippen LogP contribution in [0.1, 0.15) is 16.8 Å². The molecule has 0 aliphatic carbocycles. The number of benzene rings is 1. The molecule has 0 bridgehead atoms. The van der Waals surface area contributed by atoms with E-state index in [0.717, 1.165) is 4.31 Å². The van der Waals surface area contributed by atoms with Crippen LogP contribution in [0.2, 0.25) is 0 Å². The first-order chi connectivity index (χ1) is 12.4. The van der Waals surface area contributed by atoms with Crippen LogP contribution in [0.3, 0.4) is 0 Å². The van der Waals surface area contributed by atoms with Gasteiger partial charge in [0.2, 0.25) is 10.0 Å². The van der Waals surface area contributed by atoms with E-state index in [4.69, 9.17) is 4.74 Å². The summed E-state index contributed by atoms with van der Waals surface area (Å²) in [5.41, 5.74) is 0.134. The predicted octanol–water partition coefficient (Wildman–Crippen LogP) is 0.0514. The lowest BCUT2D eigenvalue weighted by molar-refractivity contribution is 0.000984. The first-order valence-electron chi connectivity index (χ1n) is 8.22. The van der Waals surface area contributed by atoms with Gasteiger partial charge in [-0.15, -0.1) is 0 Å². The number of hydrogen-bond acceptors (Lipinski definition) is 7. The van der Waals surface area contributed by atoms with E-state index in [0.29, 0.717) is 6.42 Å². The molecule has 11 heteroatoms. The summed E-state index contributed by atoms with van der Waals surface area (Å²) in [6.45, 7) is 0. The third-order valence-electron chi connectivity index (χ3n) is 4.36. The zero-order valence-electron chi connectivity index (χ0n) is 16.0. The van der Waals surface area contributed by atoms with Gasteiger partial charge in [-0.1, -0.05) is 0 Å². The van der Waals surface area contributed by atoms with Crippen molar-refractivity contribution < 1.29 is 26.4 Å². The molecule has 1 fully saturated rings. The minimum absolute atomic E-state index is 0.0260. The van der Waals surface area contributed by atoms with Gasteiger partial charge in [0.1, 0.15) is 10.6 Å². The quantitative estimate of drug-likeness (QED) is 0.600. The van der Waals surface area contributed by atoms with Crippen molar-refractivity contribution in [2.75, 3.05) is 46.8 Å². The average molecular weight is 420 g/mol. The minimum Gasteiger partial charge on any atom is -0.495 e. The predicted molar refractivity (Wildman–Crippen MR) is 101 cm³/mol. The van der Waals surface area contributed by atoms with Gasteiger partial charge in [-0.3, -0.25) is 9.80 Å². The van der Waals surface area contributed by atoms with Crippen molar-refractivity contribution in [3.63, 3.8) is 0 Å². The van der Waals surface area contributed by atoms with Crippen LogP contribution in [-0.2, 0) is 19.9 Å². The SMILES string of the molecule is COc1ccc(C(=O)N([C@@H]2CCS(=O)(=O)C2)N(C)C)cc1S(=O)(=O)N(C)C. The van der Waals surface area contributed by atoms with Crippen LogP contribution in [0.5, 0.6) is 5.75 Å². The van der Waals surface area contributed by atoms with Crippen molar-refractivity contribution in [2.24, 2.45) is 0 Å². The largest absolute Gasteiger partial charge is 0.495 e. The van der Waals surface area contributed by atoms with Gasteiger partial charge >= 0.3 is 0 Å². The van der Waals surface area contributed by atoms with E-state index < -0.39 is 31.8 Å². The molecule has 2 rings (SSSR count).